The zero-order chi connectivity index (χ0) is 13.1. The summed E-state index contributed by atoms with van der Waals surface area (Å²) in [6, 6.07) is 5.37. The summed E-state index contributed by atoms with van der Waals surface area (Å²) in [6.45, 7) is 3.78. The van der Waals surface area contributed by atoms with Crippen molar-refractivity contribution < 1.29 is 14.1 Å². The summed E-state index contributed by atoms with van der Waals surface area (Å²) in [5.41, 5.74) is 3.50. The third kappa shape index (κ3) is 2.27. The minimum atomic E-state index is 0.637. The highest BCUT2D eigenvalue weighted by Gasteiger charge is 2.13. The van der Waals surface area contributed by atoms with Crippen LogP contribution in [-0.4, -0.2) is 18.6 Å². The van der Waals surface area contributed by atoms with E-state index in [2.05, 4.69) is 5.16 Å². The van der Waals surface area contributed by atoms with Gasteiger partial charge in [0.2, 0.25) is 0 Å². The molecule has 0 fully saturated rings. The van der Waals surface area contributed by atoms with E-state index in [-0.39, 0.29) is 0 Å². The molecule has 2 aromatic rings. The van der Waals surface area contributed by atoms with Crippen molar-refractivity contribution in [3.63, 3.8) is 0 Å². The Morgan fingerprint density at radius 3 is 2.72 bits per heavy atom. The number of carbonyl (C=O) groups excluding carboxylic acids is 1. The van der Waals surface area contributed by atoms with E-state index in [4.69, 9.17) is 9.26 Å². The highest BCUT2D eigenvalue weighted by molar-refractivity contribution is 5.75. The van der Waals surface area contributed by atoms with E-state index in [0.717, 1.165) is 34.6 Å². The minimum Gasteiger partial charge on any atom is -0.496 e. The highest BCUT2D eigenvalue weighted by atomic mass is 16.5. The molecule has 1 heterocycles. The fraction of sp³-hybridized carbons (Fsp3) is 0.286. The maximum atomic E-state index is 10.8. The molecular formula is C14H15NO3. The van der Waals surface area contributed by atoms with Crippen molar-refractivity contribution in [3.8, 4) is 5.75 Å². The Labute approximate surface area is 106 Å². The van der Waals surface area contributed by atoms with Gasteiger partial charge in [-0.1, -0.05) is 5.16 Å². The number of aldehydes is 1. The van der Waals surface area contributed by atoms with Crippen molar-refractivity contribution >= 4 is 6.29 Å². The lowest BCUT2D eigenvalue weighted by Gasteiger charge is -2.08. The van der Waals surface area contributed by atoms with Gasteiger partial charge in [0.05, 0.1) is 12.8 Å². The number of hydrogen-bond donors (Lipinski definition) is 0. The summed E-state index contributed by atoms with van der Waals surface area (Å²) >= 11 is 0. The van der Waals surface area contributed by atoms with Gasteiger partial charge in [0, 0.05) is 17.5 Å². The molecular weight excluding hydrogens is 230 g/mol. The molecule has 0 N–H and O–H groups in total. The van der Waals surface area contributed by atoms with Gasteiger partial charge in [-0.25, -0.2) is 0 Å². The average Bonchev–Trinajstić information content (AvgIpc) is 2.70. The van der Waals surface area contributed by atoms with Crippen LogP contribution in [0, 0.1) is 13.8 Å². The predicted molar refractivity (Wildman–Crippen MR) is 67.2 cm³/mol. The molecule has 0 unspecified atom stereocenters. The van der Waals surface area contributed by atoms with Crippen LogP contribution in [0.4, 0.5) is 0 Å². The third-order valence-corrected chi connectivity index (χ3v) is 2.99. The molecule has 0 aliphatic heterocycles. The molecule has 4 heteroatoms. The van der Waals surface area contributed by atoms with Crippen molar-refractivity contribution in [1.82, 2.24) is 5.16 Å². The van der Waals surface area contributed by atoms with Gasteiger partial charge in [-0.15, -0.1) is 0 Å². The summed E-state index contributed by atoms with van der Waals surface area (Å²) in [5, 5.41) is 3.93. The van der Waals surface area contributed by atoms with Crippen molar-refractivity contribution in [2.45, 2.75) is 20.3 Å². The van der Waals surface area contributed by atoms with Gasteiger partial charge in [-0.05, 0) is 37.6 Å². The Bertz CT molecular complexity index is 553. The highest BCUT2D eigenvalue weighted by Crippen LogP contribution is 2.25. The van der Waals surface area contributed by atoms with E-state index in [1.807, 2.05) is 19.9 Å². The molecule has 0 bridgehead atoms. The first kappa shape index (κ1) is 12.4. The Balaban J connectivity index is 2.41. The van der Waals surface area contributed by atoms with Crippen LogP contribution in [0.1, 0.15) is 32.9 Å². The van der Waals surface area contributed by atoms with E-state index in [0.29, 0.717) is 12.0 Å². The zero-order valence-electron chi connectivity index (χ0n) is 10.7. The molecule has 0 aliphatic carbocycles. The van der Waals surface area contributed by atoms with Crippen LogP contribution in [0.15, 0.2) is 22.7 Å². The number of ether oxygens (including phenoxy) is 1. The van der Waals surface area contributed by atoms with Crippen molar-refractivity contribution in [1.29, 1.82) is 0 Å². The molecule has 0 aliphatic rings. The predicted octanol–water partition coefficient (Wildman–Crippen LogP) is 2.70. The number of hydrogen-bond acceptors (Lipinski definition) is 4. The SMILES string of the molecule is COc1ccc(C=O)cc1Cc1c(C)noc1C. The van der Waals surface area contributed by atoms with E-state index in [9.17, 15) is 4.79 Å². The standard InChI is InChI=1S/C14H15NO3/c1-9-13(10(2)18-15-9)7-12-6-11(8-16)4-5-14(12)17-3/h4-6,8H,7H2,1-3H3. The molecule has 94 valence electrons. The molecule has 0 saturated carbocycles. The number of aryl methyl sites for hydroxylation is 2. The molecule has 2 rings (SSSR count). The first-order valence-corrected chi connectivity index (χ1v) is 5.69. The number of rotatable bonds is 4. The van der Waals surface area contributed by atoms with Crippen molar-refractivity contribution in [2.24, 2.45) is 0 Å². The Hall–Kier alpha value is -2.10. The summed E-state index contributed by atoms with van der Waals surface area (Å²) in [6.07, 6.45) is 1.47. The van der Waals surface area contributed by atoms with Crippen LogP contribution in [0.3, 0.4) is 0 Å². The van der Waals surface area contributed by atoms with Gasteiger partial charge >= 0.3 is 0 Å². The maximum Gasteiger partial charge on any atom is 0.150 e. The second kappa shape index (κ2) is 5.04. The number of methoxy groups -OCH3 is 1. The van der Waals surface area contributed by atoms with E-state index in [1.165, 1.54) is 0 Å². The topological polar surface area (TPSA) is 52.3 Å². The van der Waals surface area contributed by atoms with Crippen LogP contribution in [0.25, 0.3) is 0 Å². The Kier molecular flexibility index (Phi) is 3.46. The summed E-state index contributed by atoms with van der Waals surface area (Å²) in [4.78, 5) is 10.8. The van der Waals surface area contributed by atoms with Gasteiger partial charge < -0.3 is 9.26 Å². The molecule has 0 saturated heterocycles. The lowest BCUT2D eigenvalue weighted by Crippen LogP contribution is -1.97. The van der Waals surface area contributed by atoms with Gasteiger partial charge in [0.15, 0.2) is 0 Å². The molecule has 1 aromatic heterocycles. The van der Waals surface area contributed by atoms with Crippen LogP contribution in [0.5, 0.6) is 5.75 Å². The summed E-state index contributed by atoms with van der Waals surface area (Å²) in [7, 11) is 1.62. The molecule has 18 heavy (non-hydrogen) atoms. The Morgan fingerprint density at radius 2 is 2.17 bits per heavy atom. The number of benzene rings is 1. The monoisotopic (exact) mass is 245 g/mol. The quantitative estimate of drug-likeness (QED) is 0.777. The Morgan fingerprint density at radius 1 is 1.39 bits per heavy atom. The van der Waals surface area contributed by atoms with Crippen LogP contribution < -0.4 is 4.74 Å². The van der Waals surface area contributed by atoms with E-state index in [1.54, 1.807) is 19.2 Å². The first-order chi connectivity index (χ1) is 8.65. The fourth-order valence-electron chi connectivity index (χ4n) is 1.95. The van der Waals surface area contributed by atoms with Gasteiger partial charge in [-0.3, -0.25) is 4.79 Å². The second-order valence-corrected chi connectivity index (χ2v) is 4.17. The largest absolute Gasteiger partial charge is 0.496 e. The van der Waals surface area contributed by atoms with Crippen LogP contribution >= 0.6 is 0 Å². The molecule has 0 radical (unpaired) electrons. The molecule has 0 amide bonds. The maximum absolute atomic E-state index is 10.8. The summed E-state index contributed by atoms with van der Waals surface area (Å²) in [5.74, 6) is 1.56. The average molecular weight is 245 g/mol. The van der Waals surface area contributed by atoms with Crippen LogP contribution in [0.2, 0.25) is 0 Å². The van der Waals surface area contributed by atoms with E-state index >= 15 is 0 Å². The molecule has 0 atom stereocenters. The normalized spacial score (nSPS) is 10.4. The molecule has 0 spiro atoms. The van der Waals surface area contributed by atoms with Gasteiger partial charge in [0.25, 0.3) is 0 Å². The third-order valence-electron chi connectivity index (χ3n) is 2.99. The minimum absolute atomic E-state index is 0.637. The summed E-state index contributed by atoms with van der Waals surface area (Å²) < 4.78 is 10.4. The smallest absolute Gasteiger partial charge is 0.150 e. The first-order valence-electron chi connectivity index (χ1n) is 5.69. The molecule has 1 aromatic carbocycles. The second-order valence-electron chi connectivity index (χ2n) is 4.17. The zero-order valence-corrected chi connectivity index (χ0v) is 10.7. The molecule has 4 nitrogen and oxygen atoms in total. The van der Waals surface area contributed by atoms with Crippen LogP contribution in [-0.2, 0) is 6.42 Å². The van der Waals surface area contributed by atoms with Gasteiger partial charge in [-0.2, -0.15) is 0 Å². The lowest BCUT2D eigenvalue weighted by atomic mass is 10.0. The lowest BCUT2D eigenvalue weighted by molar-refractivity contribution is 0.112. The fourth-order valence-corrected chi connectivity index (χ4v) is 1.95. The van der Waals surface area contributed by atoms with E-state index < -0.39 is 0 Å². The number of aromatic nitrogens is 1. The van der Waals surface area contributed by atoms with Crippen molar-refractivity contribution in [3.05, 3.63) is 46.3 Å². The number of carbonyl (C=O) groups is 1. The van der Waals surface area contributed by atoms with Gasteiger partial charge in [0.1, 0.15) is 17.8 Å². The van der Waals surface area contributed by atoms with Crippen molar-refractivity contribution in [2.75, 3.05) is 7.11 Å². The number of nitrogens with zero attached hydrogens (tertiary/aromatic N) is 1.